The molecule has 7 nitrogen and oxygen atoms in total. The van der Waals surface area contributed by atoms with Crippen LogP contribution in [0.5, 0.6) is 17.2 Å². The van der Waals surface area contributed by atoms with Crippen LogP contribution < -0.4 is 14.2 Å². The number of carbonyl (C=O) groups is 2. The first kappa shape index (κ1) is 28.4. The lowest BCUT2D eigenvalue weighted by atomic mass is 9.69. The second-order valence-electron chi connectivity index (χ2n) is 10.8. The molecule has 1 saturated carbocycles. The van der Waals surface area contributed by atoms with Gasteiger partial charge in [0.15, 0.2) is 17.3 Å². The summed E-state index contributed by atoms with van der Waals surface area (Å²) in [6, 6.07) is 11.5. The molecule has 2 aromatic carbocycles. The Morgan fingerprint density at radius 2 is 1.60 bits per heavy atom. The Kier molecular flexibility index (Phi) is 8.64. The summed E-state index contributed by atoms with van der Waals surface area (Å²) >= 11 is 3.59. The molecule has 0 aromatic heterocycles. The van der Waals surface area contributed by atoms with Gasteiger partial charge in [-0.15, -0.1) is 0 Å². The Morgan fingerprint density at radius 1 is 0.900 bits per heavy atom. The maximum absolute atomic E-state index is 14.0. The average molecular weight is 611 g/mol. The van der Waals surface area contributed by atoms with Crippen molar-refractivity contribution in [3.8, 4) is 17.2 Å². The number of halogens is 1. The smallest absolute Gasteiger partial charge is 0.315 e. The molecular weight excluding hydrogens is 574 g/mol. The van der Waals surface area contributed by atoms with E-state index in [1.807, 2.05) is 43.3 Å². The van der Waals surface area contributed by atoms with Gasteiger partial charge < -0.3 is 18.9 Å². The number of allylic oxidation sites excluding steroid dienone is 2. The number of rotatable bonds is 7. The fraction of sp³-hybridized carbons (Fsp3) is 0.469. The molecule has 212 valence electrons. The summed E-state index contributed by atoms with van der Waals surface area (Å²) in [6.07, 6.45) is 5.82. The van der Waals surface area contributed by atoms with E-state index in [2.05, 4.69) is 15.9 Å². The molecule has 2 aliphatic carbocycles. The van der Waals surface area contributed by atoms with Gasteiger partial charge in [0.1, 0.15) is 17.8 Å². The van der Waals surface area contributed by atoms with E-state index in [-0.39, 0.29) is 23.8 Å². The number of ketones is 1. The lowest BCUT2D eigenvalue weighted by molar-refractivity contribution is -0.153. The third kappa shape index (κ3) is 5.55. The van der Waals surface area contributed by atoms with Crippen LogP contribution in [0.4, 0.5) is 0 Å². The molecular formula is C32H36BrNO6. The number of nitrogens with zero attached hydrogens (tertiary/aromatic N) is 1. The average Bonchev–Trinajstić information content (AvgIpc) is 2.96. The number of methoxy groups -OCH3 is 3. The van der Waals surface area contributed by atoms with Crippen LogP contribution in [0.1, 0.15) is 74.8 Å². The van der Waals surface area contributed by atoms with Gasteiger partial charge in [0.25, 0.3) is 0 Å². The topological polar surface area (TPSA) is 83.4 Å². The molecule has 1 heterocycles. The Morgan fingerprint density at radius 3 is 2.30 bits per heavy atom. The summed E-state index contributed by atoms with van der Waals surface area (Å²) in [7, 11) is 4.81. The van der Waals surface area contributed by atoms with Crippen molar-refractivity contribution in [2.45, 2.75) is 69.8 Å². The van der Waals surface area contributed by atoms with Crippen molar-refractivity contribution in [2.75, 3.05) is 21.3 Å². The van der Waals surface area contributed by atoms with E-state index in [0.717, 1.165) is 47.0 Å². The molecule has 1 unspecified atom stereocenters. The lowest BCUT2D eigenvalue weighted by Crippen LogP contribution is -2.39. The maximum atomic E-state index is 14.0. The highest BCUT2D eigenvalue weighted by Crippen LogP contribution is 2.49. The van der Waals surface area contributed by atoms with Crippen LogP contribution in [0.3, 0.4) is 0 Å². The fourth-order valence-electron chi connectivity index (χ4n) is 6.41. The maximum Gasteiger partial charge on any atom is 0.315 e. The minimum Gasteiger partial charge on any atom is -0.496 e. The van der Waals surface area contributed by atoms with Crippen molar-refractivity contribution >= 4 is 33.4 Å². The van der Waals surface area contributed by atoms with E-state index in [4.69, 9.17) is 23.9 Å². The van der Waals surface area contributed by atoms with Gasteiger partial charge in [0.2, 0.25) is 0 Å². The van der Waals surface area contributed by atoms with Gasteiger partial charge >= 0.3 is 5.97 Å². The van der Waals surface area contributed by atoms with Crippen LogP contribution in [0.2, 0.25) is 0 Å². The van der Waals surface area contributed by atoms with Crippen LogP contribution in [0, 0.1) is 5.92 Å². The summed E-state index contributed by atoms with van der Waals surface area (Å²) in [5.74, 6) is 0.235. The Balaban J connectivity index is 1.56. The van der Waals surface area contributed by atoms with Crippen molar-refractivity contribution in [1.82, 2.24) is 0 Å². The zero-order valence-electron chi connectivity index (χ0n) is 23.5. The molecule has 5 rings (SSSR count). The molecule has 2 aromatic rings. The minimum atomic E-state index is -0.703. The minimum absolute atomic E-state index is 0.0141. The van der Waals surface area contributed by atoms with Crippen molar-refractivity contribution in [1.29, 1.82) is 0 Å². The molecule has 1 fully saturated rings. The van der Waals surface area contributed by atoms with Gasteiger partial charge in [-0.05, 0) is 80.8 Å². The largest absolute Gasteiger partial charge is 0.496 e. The Bertz CT molecular complexity index is 1360. The van der Waals surface area contributed by atoms with Gasteiger partial charge in [0, 0.05) is 39.4 Å². The molecule has 1 aliphatic heterocycles. The zero-order valence-corrected chi connectivity index (χ0v) is 25.1. The first-order chi connectivity index (χ1) is 19.3. The Labute approximate surface area is 244 Å². The molecule has 0 N–H and O–H groups in total. The van der Waals surface area contributed by atoms with E-state index in [1.165, 1.54) is 6.42 Å². The third-order valence-corrected chi connectivity index (χ3v) is 8.88. The number of hydrogen-bond donors (Lipinski definition) is 0. The molecule has 0 bridgehead atoms. The van der Waals surface area contributed by atoms with E-state index in [1.54, 1.807) is 21.3 Å². The molecule has 3 atom stereocenters. The zero-order chi connectivity index (χ0) is 28.4. The molecule has 3 aliphatic rings. The van der Waals surface area contributed by atoms with Crippen molar-refractivity contribution < 1.29 is 28.5 Å². The van der Waals surface area contributed by atoms with Crippen LogP contribution in [0.25, 0.3) is 0 Å². The summed E-state index contributed by atoms with van der Waals surface area (Å²) in [6.45, 7) is 1.87. The number of esters is 1. The van der Waals surface area contributed by atoms with Crippen molar-refractivity contribution in [2.24, 2.45) is 10.9 Å². The SMILES string of the molecule is COc1ccc([C@H]2CC(=O)C3=C(C2)N=C(C)C(C(=O)OC2CCCCC2)[C@H]3c2cc(Br)ccc2OC)cc1OC. The number of carbonyl (C=O) groups excluding carboxylic acids is 2. The first-order valence-corrected chi connectivity index (χ1v) is 14.7. The summed E-state index contributed by atoms with van der Waals surface area (Å²) in [5, 5.41) is 0. The van der Waals surface area contributed by atoms with Gasteiger partial charge in [-0.25, -0.2) is 0 Å². The Hall–Kier alpha value is -3.13. The molecule has 0 saturated heterocycles. The summed E-state index contributed by atoms with van der Waals surface area (Å²) in [4.78, 5) is 32.8. The predicted molar refractivity (Wildman–Crippen MR) is 157 cm³/mol. The van der Waals surface area contributed by atoms with Gasteiger partial charge in [-0.2, -0.15) is 0 Å². The standard InChI is InChI=1S/C32H36BrNO6/c1-18-29(32(36)40-22-8-6-5-7-9-22)30(23-17-21(33)11-13-26(23)37-2)31-24(34-18)14-20(15-25(31)35)19-10-12-27(38-3)28(16-19)39-4/h10-13,16-17,20,22,29-30H,5-9,14-15H2,1-4H3/t20-,29?,30-/m1/s1. The van der Waals surface area contributed by atoms with E-state index >= 15 is 0 Å². The van der Waals surface area contributed by atoms with Crippen molar-refractivity contribution in [3.63, 3.8) is 0 Å². The van der Waals surface area contributed by atoms with Crippen molar-refractivity contribution in [3.05, 3.63) is 63.3 Å². The highest BCUT2D eigenvalue weighted by atomic mass is 79.9. The van der Waals surface area contributed by atoms with Crippen LogP contribution in [0.15, 0.2) is 57.1 Å². The monoisotopic (exact) mass is 609 g/mol. The van der Waals surface area contributed by atoms with E-state index < -0.39 is 11.8 Å². The van der Waals surface area contributed by atoms with E-state index in [0.29, 0.717) is 41.4 Å². The molecule has 0 radical (unpaired) electrons. The predicted octanol–water partition coefficient (Wildman–Crippen LogP) is 6.93. The first-order valence-electron chi connectivity index (χ1n) is 13.9. The van der Waals surface area contributed by atoms with Gasteiger partial charge in [0.05, 0.1) is 21.3 Å². The van der Waals surface area contributed by atoms with Gasteiger partial charge in [-0.3, -0.25) is 14.6 Å². The van der Waals surface area contributed by atoms with Crippen LogP contribution in [-0.2, 0) is 14.3 Å². The normalized spacial score (nSPS) is 23.3. The number of ether oxygens (including phenoxy) is 4. The molecule has 0 spiro atoms. The fourth-order valence-corrected chi connectivity index (χ4v) is 6.79. The number of hydrogen-bond acceptors (Lipinski definition) is 7. The van der Waals surface area contributed by atoms with Crippen LogP contribution >= 0.6 is 15.9 Å². The third-order valence-electron chi connectivity index (χ3n) is 8.38. The van der Waals surface area contributed by atoms with Gasteiger partial charge in [-0.1, -0.05) is 28.4 Å². The van der Waals surface area contributed by atoms with E-state index in [9.17, 15) is 9.59 Å². The number of Topliss-reactive ketones (excluding diaryl/α,β-unsaturated/α-hetero) is 1. The van der Waals surface area contributed by atoms with Crippen LogP contribution in [-0.4, -0.2) is 44.9 Å². The highest BCUT2D eigenvalue weighted by Gasteiger charge is 2.46. The summed E-state index contributed by atoms with van der Waals surface area (Å²) < 4.78 is 23.6. The molecule has 8 heteroatoms. The molecule has 0 amide bonds. The second kappa shape index (κ2) is 12.2. The number of aliphatic imine (C=N–C) groups is 1. The second-order valence-corrected chi connectivity index (χ2v) is 11.7. The summed E-state index contributed by atoms with van der Waals surface area (Å²) in [5.41, 5.74) is 3.74. The molecule has 40 heavy (non-hydrogen) atoms. The quantitative estimate of drug-likeness (QED) is 0.317. The highest BCUT2D eigenvalue weighted by molar-refractivity contribution is 9.10. The number of benzene rings is 2. The lowest BCUT2D eigenvalue weighted by Gasteiger charge is -2.37.